The van der Waals surface area contributed by atoms with E-state index in [-0.39, 0.29) is 30.0 Å². The molecule has 4 bridgehead atoms. The minimum Gasteiger partial charge on any atom is -0.481 e. The predicted molar refractivity (Wildman–Crippen MR) is 205 cm³/mol. The molecule has 5 aliphatic carbocycles. The van der Waals surface area contributed by atoms with Gasteiger partial charge in [0.15, 0.2) is 0 Å². The third kappa shape index (κ3) is 6.32. The molecule has 7 nitrogen and oxygen atoms in total. The summed E-state index contributed by atoms with van der Waals surface area (Å²) >= 11 is 0. The molecule has 0 spiro atoms. The van der Waals surface area contributed by atoms with Crippen molar-refractivity contribution in [1.82, 2.24) is 14.7 Å². The number of unbranched alkanes of at least 4 members (excludes halogenated alkanes) is 4. The average molecular weight is 708 g/mol. The van der Waals surface area contributed by atoms with E-state index in [0.29, 0.717) is 24.2 Å². The molecule has 2 saturated heterocycles. The molecule has 6 fully saturated rings. The lowest BCUT2D eigenvalue weighted by Crippen LogP contribution is -2.65. The zero-order chi connectivity index (χ0) is 36.0. The average Bonchev–Trinajstić information content (AvgIpc) is 3.93. The number of hydrogen-bond acceptors (Lipinski definition) is 6. The number of ether oxygens (including phenoxy) is 1. The third-order valence-electron chi connectivity index (χ3n) is 16.4. The van der Waals surface area contributed by atoms with Gasteiger partial charge in [0.1, 0.15) is 11.7 Å². The molecule has 7 rings (SSSR count). The van der Waals surface area contributed by atoms with Gasteiger partial charge < -0.3 is 19.5 Å². The van der Waals surface area contributed by atoms with E-state index in [1.165, 1.54) is 70.5 Å². The van der Waals surface area contributed by atoms with Crippen molar-refractivity contribution in [1.29, 1.82) is 0 Å². The van der Waals surface area contributed by atoms with Crippen LogP contribution in [0.2, 0.25) is 0 Å². The maximum Gasteiger partial charge on any atom is 0.315 e. The van der Waals surface area contributed by atoms with Gasteiger partial charge in [-0.05, 0) is 93.5 Å². The number of rotatable bonds is 17. The summed E-state index contributed by atoms with van der Waals surface area (Å²) in [5, 5.41) is 11.7. The summed E-state index contributed by atoms with van der Waals surface area (Å²) < 4.78 is 7.61. The Morgan fingerprint density at radius 1 is 1.04 bits per heavy atom. The minimum atomic E-state index is -1.15. The number of carbonyl (C=O) groups excluding carboxylic acids is 1. The molecular weight excluding hydrogens is 635 g/mol. The summed E-state index contributed by atoms with van der Waals surface area (Å²) in [7, 11) is 2.24. The molecule has 7 aliphatic rings. The summed E-state index contributed by atoms with van der Waals surface area (Å²) in [6.07, 6.45) is 21.3. The number of likely N-dealkylation sites (N-methyl/N-ethyl adjacent to an activating group) is 1. The second-order valence-electron chi connectivity index (χ2n) is 19.3. The highest BCUT2D eigenvalue weighted by molar-refractivity contribution is 5.90. The van der Waals surface area contributed by atoms with Crippen LogP contribution < -0.4 is 0 Å². The Morgan fingerprint density at radius 3 is 2.47 bits per heavy atom. The fourth-order valence-electron chi connectivity index (χ4n) is 13.9. The molecule has 4 saturated carbocycles. The molecule has 10 atom stereocenters. The molecule has 0 amide bonds. The highest BCUT2D eigenvalue weighted by atomic mass is 16.5. The molecule has 3 unspecified atom stereocenters. The first kappa shape index (κ1) is 38.0. The van der Waals surface area contributed by atoms with E-state index >= 15 is 0 Å². The normalized spacial score (nSPS) is 41.2. The van der Waals surface area contributed by atoms with Crippen molar-refractivity contribution in [3.05, 3.63) is 11.6 Å². The molecule has 1 N–H and O–H groups in total. The molecule has 7 heteroatoms. The third-order valence-corrected chi connectivity index (χ3v) is 16.4. The summed E-state index contributed by atoms with van der Waals surface area (Å²) in [5.74, 6) is 1.82. The highest BCUT2D eigenvalue weighted by Crippen LogP contribution is 2.84. The summed E-state index contributed by atoms with van der Waals surface area (Å²) in [6.45, 7) is 17.9. The lowest BCUT2D eigenvalue weighted by molar-refractivity contribution is -0.197. The van der Waals surface area contributed by atoms with Crippen LogP contribution in [-0.4, -0.2) is 104 Å². The van der Waals surface area contributed by atoms with Crippen molar-refractivity contribution >= 4 is 12.3 Å². The van der Waals surface area contributed by atoms with Crippen LogP contribution in [0.25, 0.3) is 0 Å². The van der Waals surface area contributed by atoms with Gasteiger partial charge in [0.2, 0.25) is 0 Å². The van der Waals surface area contributed by atoms with Crippen molar-refractivity contribution in [2.75, 3.05) is 59.4 Å². The summed E-state index contributed by atoms with van der Waals surface area (Å²) in [5.41, 5.74) is -1.45. The van der Waals surface area contributed by atoms with E-state index in [9.17, 15) is 14.7 Å². The second-order valence-corrected chi connectivity index (χ2v) is 19.3. The van der Waals surface area contributed by atoms with Crippen molar-refractivity contribution in [3.63, 3.8) is 0 Å². The molecule has 0 aromatic heterocycles. The Bertz CT molecular complexity index is 1260. The number of allylic oxidation sites excluding steroid dienone is 1. The van der Waals surface area contributed by atoms with Crippen LogP contribution in [0.5, 0.6) is 0 Å². The van der Waals surface area contributed by atoms with Gasteiger partial charge in [-0.15, -0.1) is 0 Å². The first-order valence-corrected chi connectivity index (χ1v) is 21.8. The van der Waals surface area contributed by atoms with Gasteiger partial charge >= 0.3 is 5.97 Å². The summed E-state index contributed by atoms with van der Waals surface area (Å²) in [4.78, 5) is 35.9. The number of hydrogen-bond donors (Lipinski definition) is 1. The summed E-state index contributed by atoms with van der Waals surface area (Å²) in [6, 6.07) is 0. The molecular formula is C44H73N3O4. The predicted octanol–water partition coefficient (Wildman–Crippen LogP) is 7.78. The van der Waals surface area contributed by atoms with Gasteiger partial charge in [0, 0.05) is 51.2 Å². The molecule has 0 aromatic rings. The molecule has 2 heterocycles. The Hall–Kier alpha value is -1.28. The van der Waals surface area contributed by atoms with Crippen molar-refractivity contribution in [2.45, 2.75) is 136 Å². The molecule has 288 valence electrons. The van der Waals surface area contributed by atoms with Crippen molar-refractivity contribution < 1.29 is 19.4 Å². The SMILES string of the molecule is CCCCCCCN(CCN1CCN(C)CC1)C[C@@H]1O[C@@H](C23C[C@@H]4[C@H](C)CC[C@H]4C4(C=O)CC2C=C(C(C)C)[C@]43C(=O)O)C[C@H]1CC1CCCC1. The Morgan fingerprint density at radius 2 is 1.78 bits per heavy atom. The second kappa shape index (κ2) is 15.5. The fraction of sp³-hybridized carbons (Fsp3) is 0.909. The maximum absolute atomic E-state index is 14.3. The number of carboxylic acids is 1. The van der Waals surface area contributed by atoms with Crippen LogP contribution >= 0.6 is 0 Å². The lowest BCUT2D eigenvalue weighted by Gasteiger charge is -2.60. The van der Waals surface area contributed by atoms with E-state index < -0.39 is 22.2 Å². The number of carbonyl (C=O) groups is 2. The van der Waals surface area contributed by atoms with E-state index in [0.717, 1.165) is 89.5 Å². The number of nitrogens with zero attached hydrogens (tertiary/aromatic N) is 3. The maximum atomic E-state index is 14.3. The zero-order valence-electron chi connectivity index (χ0n) is 33.1. The number of aldehydes is 1. The van der Waals surface area contributed by atoms with E-state index in [1.54, 1.807) is 0 Å². The van der Waals surface area contributed by atoms with Crippen LogP contribution in [0.15, 0.2) is 11.6 Å². The molecule has 0 aromatic carbocycles. The monoisotopic (exact) mass is 708 g/mol. The highest BCUT2D eigenvalue weighted by Gasteiger charge is 2.86. The van der Waals surface area contributed by atoms with E-state index in [4.69, 9.17) is 4.74 Å². The standard InChI is InChI=1S/C44H73N3O4/c1-6-7-8-9-12-17-47(23-22-46-20-18-45(5)19-21-46)29-39-34(24-33-13-10-11-14-33)25-40(51-39)43-28-36-32(4)15-16-37(36)42(30-48)27-35(43)26-38(31(2)3)44(42,43)41(49)50/h26,30-37,39-40H,6-25,27-29H2,1-5H3,(H,49,50)/t32-,34-,35?,36-,37-,39+,40-,42?,43?,44+/m1/s1. The Balaban J connectivity index is 1.20. The Kier molecular flexibility index (Phi) is 11.5. The first-order chi connectivity index (χ1) is 24.6. The van der Waals surface area contributed by atoms with Crippen LogP contribution in [0, 0.1) is 57.7 Å². The van der Waals surface area contributed by atoms with Crippen LogP contribution in [-0.2, 0) is 14.3 Å². The van der Waals surface area contributed by atoms with E-state index in [2.05, 4.69) is 55.5 Å². The quantitative estimate of drug-likeness (QED) is 0.0941. The number of aliphatic carboxylic acids is 1. The minimum absolute atomic E-state index is 0.102. The lowest BCUT2D eigenvalue weighted by atomic mass is 9.41. The number of piperazine rings is 1. The zero-order valence-corrected chi connectivity index (χ0v) is 33.1. The van der Waals surface area contributed by atoms with Crippen molar-refractivity contribution in [3.8, 4) is 0 Å². The van der Waals surface area contributed by atoms with Gasteiger partial charge in [-0.25, -0.2) is 0 Å². The molecule has 51 heavy (non-hydrogen) atoms. The van der Waals surface area contributed by atoms with Crippen LogP contribution in [0.1, 0.15) is 124 Å². The number of carboxylic acid groups (broad SMARTS) is 1. The topological polar surface area (TPSA) is 73.3 Å². The Labute approximate surface area is 310 Å². The van der Waals surface area contributed by atoms with Gasteiger partial charge in [-0.2, -0.15) is 0 Å². The first-order valence-electron chi connectivity index (χ1n) is 21.8. The van der Waals surface area contributed by atoms with Crippen molar-refractivity contribution in [2.24, 2.45) is 57.7 Å². The fourth-order valence-corrected chi connectivity index (χ4v) is 13.9. The molecule has 0 radical (unpaired) electrons. The van der Waals surface area contributed by atoms with E-state index in [1.807, 2.05) is 0 Å². The van der Waals surface area contributed by atoms with Crippen LogP contribution in [0.3, 0.4) is 0 Å². The van der Waals surface area contributed by atoms with Gasteiger partial charge in [0.25, 0.3) is 0 Å². The smallest absolute Gasteiger partial charge is 0.315 e. The van der Waals surface area contributed by atoms with Gasteiger partial charge in [-0.3, -0.25) is 14.6 Å². The number of fused-ring (bicyclic) bond motifs is 2. The largest absolute Gasteiger partial charge is 0.481 e. The van der Waals surface area contributed by atoms with Gasteiger partial charge in [0.05, 0.1) is 17.6 Å². The van der Waals surface area contributed by atoms with Crippen LogP contribution in [0.4, 0.5) is 0 Å². The van der Waals surface area contributed by atoms with Gasteiger partial charge in [-0.1, -0.05) is 97.1 Å². The molecule has 2 aliphatic heterocycles.